The molecular formula is C22H29N5O2S2. The van der Waals surface area contributed by atoms with Crippen molar-refractivity contribution in [2.45, 2.75) is 43.4 Å². The van der Waals surface area contributed by atoms with Crippen LogP contribution in [0.15, 0.2) is 39.5 Å². The van der Waals surface area contributed by atoms with Crippen LogP contribution in [0.2, 0.25) is 0 Å². The molecule has 7 nitrogen and oxygen atoms in total. The van der Waals surface area contributed by atoms with Crippen molar-refractivity contribution in [1.82, 2.24) is 10.2 Å². The average Bonchev–Trinajstić information content (AvgIpc) is 3.40. The highest BCUT2D eigenvalue weighted by Gasteiger charge is 2.39. The normalized spacial score (nSPS) is 22.1. The monoisotopic (exact) mass is 459 g/mol. The van der Waals surface area contributed by atoms with Crippen molar-refractivity contribution >= 4 is 35.3 Å². The second-order valence-electron chi connectivity index (χ2n) is 8.26. The van der Waals surface area contributed by atoms with Crippen molar-refractivity contribution in [3.8, 4) is 18.1 Å². The number of thiol groups is 1. The zero-order valence-electron chi connectivity index (χ0n) is 17.9. The number of phenolic OH excluding ortho intramolecular Hbond substituents is 1. The number of carbonyl (C=O) groups excluding carboxylic acids is 1. The molecule has 1 aromatic carbocycles. The first-order valence-corrected chi connectivity index (χ1v) is 11.9. The molecule has 0 radical (unpaired) electrons. The van der Waals surface area contributed by atoms with E-state index in [-0.39, 0.29) is 23.2 Å². The van der Waals surface area contributed by atoms with Crippen LogP contribution in [0.1, 0.15) is 31.7 Å². The van der Waals surface area contributed by atoms with Gasteiger partial charge in [-0.25, -0.2) is 0 Å². The highest BCUT2D eigenvalue weighted by atomic mass is 32.2. The minimum Gasteiger partial charge on any atom is -0.507 e. The van der Waals surface area contributed by atoms with Gasteiger partial charge in [0.15, 0.2) is 5.66 Å². The lowest BCUT2D eigenvalue weighted by atomic mass is 10.0. The van der Waals surface area contributed by atoms with E-state index in [1.807, 2.05) is 24.1 Å². The quantitative estimate of drug-likeness (QED) is 0.351. The highest BCUT2D eigenvalue weighted by molar-refractivity contribution is 8.14. The summed E-state index contributed by atoms with van der Waals surface area (Å²) in [6, 6.07) is 6.85. The predicted octanol–water partition coefficient (Wildman–Crippen LogP) is 2.96. The number of para-hydroxylation sites is 1. The van der Waals surface area contributed by atoms with Crippen molar-refractivity contribution in [3.63, 3.8) is 0 Å². The van der Waals surface area contributed by atoms with Gasteiger partial charge in [0, 0.05) is 49.4 Å². The summed E-state index contributed by atoms with van der Waals surface area (Å²) >= 11 is 6.03. The van der Waals surface area contributed by atoms with Crippen LogP contribution >= 0.6 is 24.4 Å². The maximum absolute atomic E-state index is 12.8. The fourth-order valence-corrected chi connectivity index (χ4v) is 5.31. The molecule has 166 valence electrons. The SMILES string of the molecule is C#CCCC1(CCNC(=O)[C@H](CS)N(C)CC2(C)CSC(c3ccccc3O)=N2)N=N1. The lowest BCUT2D eigenvalue weighted by molar-refractivity contribution is -0.125. The van der Waals surface area contributed by atoms with Crippen LogP contribution < -0.4 is 5.32 Å². The van der Waals surface area contributed by atoms with E-state index in [0.717, 1.165) is 22.8 Å². The predicted molar refractivity (Wildman–Crippen MR) is 129 cm³/mol. The Morgan fingerprint density at radius 1 is 1.42 bits per heavy atom. The smallest absolute Gasteiger partial charge is 0.238 e. The number of benzene rings is 1. The van der Waals surface area contributed by atoms with E-state index in [4.69, 9.17) is 11.4 Å². The van der Waals surface area contributed by atoms with Crippen molar-refractivity contribution < 1.29 is 9.90 Å². The number of likely N-dealkylation sites (N-methyl/N-ethyl adjacent to an activating group) is 1. The first-order chi connectivity index (χ1) is 14.8. The molecule has 9 heteroatoms. The number of terminal acetylenes is 1. The molecule has 31 heavy (non-hydrogen) atoms. The van der Waals surface area contributed by atoms with E-state index < -0.39 is 5.66 Å². The Kier molecular flexibility index (Phi) is 7.68. The molecular weight excluding hydrogens is 430 g/mol. The number of thioether (sulfide) groups is 1. The van der Waals surface area contributed by atoms with Crippen LogP contribution in [0.3, 0.4) is 0 Å². The Bertz CT molecular complexity index is 907. The van der Waals surface area contributed by atoms with E-state index in [1.165, 1.54) is 0 Å². The molecule has 3 rings (SSSR count). The zero-order chi connectivity index (χ0) is 22.5. The van der Waals surface area contributed by atoms with Gasteiger partial charge in [-0.2, -0.15) is 22.9 Å². The number of aliphatic imine (C=N–C) groups is 1. The summed E-state index contributed by atoms with van der Waals surface area (Å²) in [5.74, 6) is 3.96. The first kappa shape index (κ1) is 23.6. The maximum atomic E-state index is 12.8. The molecule has 2 heterocycles. The van der Waals surface area contributed by atoms with Gasteiger partial charge in [-0.3, -0.25) is 14.7 Å². The third-order valence-electron chi connectivity index (χ3n) is 5.50. The molecule has 1 aromatic rings. The molecule has 2 N–H and O–H groups in total. The summed E-state index contributed by atoms with van der Waals surface area (Å²) in [6.45, 7) is 3.17. The number of amides is 1. The molecule has 0 aromatic heterocycles. The highest BCUT2D eigenvalue weighted by Crippen LogP contribution is 2.36. The number of nitrogens with one attached hydrogen (secondary N) is 1. The molecule has 1 amide bonds. The summed E-state index contributed by atoms with van der Waals surface area (Å²) in [5, 5.41) is 22.1. The van der Waals surface area contributed by atoms with Crippen LogP contribution in [0.5, 0.6) is 5.75 Å². The molecule has 0 bridgehead atoms. The zero-order valence-corrected chi connectivity index (χ0v) is 19.6. The molecule has 2 aliphatic rings. The Hall–Kier alpha value is -2.02. The Labute approximate surface area is 193 Å². The van der Waals surface area contributed by atoms with Gasteiger partial charge in [-0.05, 0) is 26.1 Å². The van der Waals surface area contributed by atoms with Gasteiger partial charge in [0.2, 0.25) is 5.91 Å². The number of rotatable bonds is 11. The molecule has 0 spiro atoms. The summed E-state index contributed by atoms with van der Waals surface area (Å²) in [5.41, 5.74) is -0.00846. The number of nitrogens with zero attached hydrogens (tertiary/aromatic N) is 4. The van der Waals surface area contributed by atoms with Crippen molar-refractivity contribution in [2.24, 2.45) is 15.2 Å². The van der Waals surface area contributed by atoms with Crippen molar-refractivity contribution in [2.75, 3.05) is 31.6 Å². The van der Waals surface area contributed by atoms with E-state index in [2.05, 4.69) is 41.0 Å². The second-order valence-corrected chi connectivity index (χ2v) is 9.59. The molecule has 0 aliphatic carbocycles. The summed E-state index contributed by atoms with van der Waals surface area (Å²) in [6.07, 6.45) is 7.33. The Morgan fingerprint density at radius 3 is 2.81 bits per heavy atom. The van der Waals surface area contributed by atoms with Gasteiger partial charge in [0.25, 0.3) is 0 Å². The topological polar surface area (TPSA) is 89.7 Å². The van der Waals surface area contributed by atoms with Crippen LogP contribution in [-0.2, 0) is 4.79 Å². The number of aromatic hydroxyl groups is 1. The fraction of sp³-hybridized carbons (Fsp3) is 0.545. The number of carbonyl (C=O) groups is 1. The van der Waals surface area contributed by atoms with Crippen LogP contribution in [0.25, 0.3) is 0 Å². The first-order valence-electron chi connectivity index (χ1n) is 10.3. The third kappa shape index (κ3) is 6.03. The number of phenols is 1. The minimum atomic E-state index is -0.398. The van der Waals surface area contributed by atoms with Gasteiger partial charge in [-0.15, -0.1) is 24.1 Å². The lowest BCUT2D eigenvalue weighted by Gasteiger charge is -2.32. The van der Waals surface area contributed by atoms with E-state index >= 15 is 0 Å². The summed E-state index contributed by atoms with van der Waals surface area (Å²) in [4.78, 5) is 19.7. The fourth-order valence-electron chi connectivity index (χ4n) is 3.65. The van der Waals surface area contributed by atoms with E-state index in [9.17, 15) is 9.90 Å². The molecule has 1 unspecified atom stereocenters. The second kappa shape index (κ2) is 10.1. The van der Waals surface area contributed by atoms with Gasteiger partial charge in [-0.1, -0.05) is 12.1 Å². The summed E-state index contributed by atoms with van der Waals surface area (Å²) < 4.78 is 0. The van der Waals surface area contributed by atoms with E-state index in [0.29, 0.717) is 31.7 Å². The number of hydrogen-bond acceptors (Lipinski definition) is 8. The van der Waals surface area contributed by atoms with Crippen LogP contribution in [0.4, 0.5) is 0 Å². The van der Waals surface area contributed by atoms with Crippen molar-refractivity contribution in [3.05, 3.63) is 29.8 Å². The van der Waals surface area contributed by atoms with Gasteiger partial charge < -0.3 is 10.4 Å². The van der Waals surface area contributed by atoms with Crippen molar-refractivity contribution in [1.29, 1.82) is 0 Å². The third-order valence-corrected chi connectivity index (χ3v) is 7.20. The standard InChI is InChI=1S/C22H29N5O2S2/c1-4-5-10-22(25-26-22)11-12-23-19(29)17(13-30)27(3)14-21(2)15-31-20(24-21)16-8-6-7-9-18(16)28/h1,6-9,17,28,30H,5,10-15H2,2-3H3,(H,23,29)/t17-,21?/m0/s1. The Morgan fingerprint density at radius 2 is 2.16 bits per heavy atom. The largest absolute Gasteiger partial charge is 0.507 e. The van der Waals surface area contributed by atoms with Gasteiger partial charge >= 0.3 is 0 Å². The Balaban J connectivity index is 1.54. The minimum absolute atomic E-state index is 0.0654. The summed E-state index contributed by atoms with van der Waals surface area (Å²) in [7, 11) is 1.92. The number of hydrogen-bond donors (Lipinski definition) is 3. The van der Waals surface area contributed by atoms with Gasteiger partial charge in [0.1, 0.15) is 10.8 Å². The average molecular weight is 460 g/mol. The molecule has 0 saturated carbocycles. The molecule has 2 atom stereocenters. The molecule has 0 saturated heterocycles. The van der Waals surface area contributed by atoms with Crippen LogP contribution in [-0.4, -0.2) is 69.8 Å². The molecule has 2 aliphatic heterocycles. The maximum Gasteiger partial charge on any atom is 0.238 e. The van der Waals surface area contributed by atoms with Crippen LogP contribution in [0, 0.1) is 12.3 Å². The lowest BCUT2D eigenvalue weighted by Crippen LogP contribution is -2.51. The van der Waals surface area contributed by atoms with Gasteiger partial charge in [0.05, 0.1) is 11.6 Å². The van der Waals surface area contributed by atoms with E-state index in [1.54, 1.807) is 23.9 Å². The molecule has 0 fully saturated rings.